The van der Waals surface area contributed by atoms with Gasteiger partial charge in [0, 0.05) is 11.3 Å². The summed E-state index contributed by atoms with van der Waals surface area (Å²) in [5.41, 5.74) is 1.98. The highest BCUT2D eigenvalue weighted by Gasteiger charge is 2.16. The third-order valence-electron chi connectivity index (χ3n) is 3.46. The Morgan fingerprint density at radius 1 is 1.08 bits per heavy atom. The van der Waals surface area contributed by atoms with E-state index in [1.54, 1.807) is 30.3 Å². The molecule has 0 aliphatic heterocycles. The highest BCUT2D eigenvalue weighted by Crippen LogP contribution is 2.18. The topological polar surface area (TPSA) is 71.7 Å². The molecule has 0 saturated heterocycles. The lowest BCUT2D eigenvalue weighted by Crippen LogP contribution is -2.13. The highest BCUT2D eigenvalue weighted by atomic mass is 16.5. The Bertz CT molecular complexity index is 811. The maximum atomic E-state index is 12.4. The molecule has 1 amide bonds. The first-order chi connectivity index (χ1) is 11.8. The van der Waals surface area contributed by atoms with Gasteiger partial charge in [0.15, 0.2) is 5.76 Å². The smallest absolute Gasteiger partial charge is 0.291 e. The Kier molecular flexibility index (Phi) is 4.93. The number of aliphatic hydroxyl groups excluding tert-OH is 1. The van der Waals surface area contributed by atoms with Crippen LogP contribution in [-0.4, -0.2) is 11.0 Å². The van der Waals surface area contributed by atoms with Gasteiger partial charge in [-0.15, -0.1) is 0 Å². The van der Waals surface area contributed by atoms with Crippen LogP contribution in [0.25, 0.3) is 0 Å². The maximum Gasteiger partial charge on any atom is 0.291 e. The third-order valence-corrected chi connectivity index (χ3v) is 3.46. The number of carbonyl (C=O) groups excluding carboxylic acids is 1. The zero-order chi connectivity index (χ0) is 16.8. The molecule has 0 bridgehead atoms. The lowest BCUT2D eigenvalue weighted by molar-refractivity contribution is 0.0993. The summed E-state index contributed by atoms with van der Waals surface area (Å²) in [6.07, 6.45) is 1.46. The number of hydrogen-bond acceptors (Lipinski definition) is 4. The van der Waals surface area contributed by atoms with Crippen LogP contribution in [0, 0.1) is 0 Å². The molecule has 0 atom stereocenters. The molecule has 0 spiro atoms. The number of nitrogens with one attached hydrogen (secondary N) is 1. The summed E-state index contributed by atoms with van der Waals surface area (Å²) in [6, 6.07) is 18.1. The number of hydrogen-bond donors (Lipinski definition) is 2. The van der Waals surface area contributed by atoms with Gasteiger partial charge in [0.1, 0.15) is 12.4 Å². The maximum absolute atomic E-state index is 12.4. The first-order valence-corrected chi connectivity index (χ1v) is 7.51. The van der Waals surface area contributed by atoms with E-state index in [9.17, 15) is 4.79 Å². The molecule has 0 radical (unpaired) electrons. The van der Waals surface area contributed by atoms with Crippen molar-refractivity contribution in [2.75, 3.05) is 5.32 Å². The Labute approximate surface area is 139 Å². The molecule has 0 saturated carbocycles. The van der Waals surface area contributed by atoms with Gasteiger partial charge in [-0.2, -0.15) is 0 Å². The monoisotopic (exact) mass is 323 g/mol. The lowest BCUT2D eigenvalue weighted by atomic mass is 10.2. The number of carbonyl (C=O) groups is 1. The molecule has 2 N–H and O–H groups in total. The second-order valence-electron chi connectivity index (χ2n) is 5.19. The van der Waals surface area contributed by atoms with Crippen LogP contribution in [0.4, 0.5) is 5.69 Å². The van der Waals surface area contributed by atoms with Crippen molar-refractivity contribution < 1.29 is 19.1 Å². The average Bonchev–Trinajstić information content (AvgIpc) is 3.10. The SMILES string of the molecule is O=C(Nc1cccc(CO)c1)c1occc1COc1ccccc1. The van der Waals surface area contributed by atoms with Crippen molar-refractivity contribution in [2.24, 2.45) is 0 Å². The van der Waals surface area contributed by atoms with Crippen LogP contribution in [0.15, 0.2) is 71.3 Å². The predicted molar refractivity (Wildman–Crippen MR) is 89.8 cm³/mol. The number of amides is 1. The van der Waals surface area contributed by atoms with E-state index in [-0.39, 0.29) is 24.9 Å². The van der Waals surface area contributed by atoms with E-state index in [0.717, 1.165) is 11.3 Å². The summed E-state index contributed by atoms with van der Waals surface area (Å²) >= 11 is 0. The summed E-state index contributed by atoms with van der Waals surface area (Å²) in [7, 11) is 0. The van der Waals surface area contributed by atoms with Gasteiger partial charge in [0.05, 0.1) is 12.9 Å². The van der Waals surface area contributed by atoms with Crippen molar-refractivity contribution in [1.29, 1.82) is 0 Å². The van der Waals surface area contributed by atoms with E-state index in [0.29, 0.717) is 11.3 Å². The molecule has 0 aliphatic rings. The second-order valence-corrected chi connectivity index (χ2v) is 5.19. The molecular formula is C19H17NO4. The lowest BCUT2D eigenvalue weighted by Gasteiger charge is -2.08. The van der Waals surface area contributed by atoms with Gasteiger partial charge in [0.2, 0.25) is 0 Å². The van der Waals surface area contributed by atoms with E-state index in [2.05, 4.69) is 5.32 Å². The predicted octanol–water partition coefficient (Wildman–Crippen LogP) is 3.60. The van der Waals surface area contributed by atoms with E-state index < -0.39 is 0 Å². The molecule has 2 aromatic carbocycles. The Morgan fingerprint density at radius 2 is 1.92 bits per heavy atom. The molecule has 24 heavy (non-hydrogen) atoms. The Hall–Kier alpha value is -3.05. The molecule has 3 aromatic rings. The first kappa shape index (κ1) is 15.8. The summed E-state index contributed by atoms with van der Waals surface area (Å²) < 4.78 is 11.0. The molecule has 0 fully saturated rings. The van der Waals surface area contributed by atoms with Crippen LogP contribution in [0.2, 0.25) is 0 Å². The van der Waals surface area contributed by atoms with Gasteiger partial charge < -0.3 is 19.6 Å². The fraction of sp³-hybridized carbons (Fsp3) is 0.105. The van der Waals surface area contributed by atoms with E-state index >= 15 is 0 Å². The fourth-order valence-corrected chi connectivity index (χ4v) is 2.26. The van der Waals surface area contributed by atoms with Crippen LogP contribution in [0.5, 0.6) is 5.75 Å². The Balaban J connectivity index is 1.68. The minimum Gasteiger partial charge on any atom is -0.489 e. The number of rotatable bonds is 6. The van der Waals surface area contributed by atoms with E-state index in [1.165, 1.54) is 6.26 Å². The van der Waals surface area contributed by atoms with E-state index in [1.807, 2.05) is 30.3 Å². The number of para-hydroxylation sites is 1. The van der Waals surface area contributed by atoms with Gasteiger partial charge in [-0.25, -0.2) is 0 Å². The zero-order valence-corrected chi connectivity index (χ0v) is 12.9. The van der Waals surface area contributed by atoms with Crippen molar-refractivity contribution in [3.05, 3.63) is 83.8 Å². The molecule has 1 heterocycles. The average molecular weight is 323 g/mol. The minimum absolute atomic E-state index is 0.0827. The zero-order valence-electron chi connectivity index (χ0n) is 12.9. The molecule has 122 valence electrons. The number of aliphatic hydroxyl groups is 1. The van der Waals surface area contributed by atoms with Crippen LogP contribution in [0.3, 0.4) is 0 Å². The molecule has 5 heteroatoms. The second kappa shape index (κ2) is 7.48. The minimum atomic E-state index is -0.359. The summed E-state index contributed by atoms with van der Waals surface area (Å²) in [6.45, 7) is 0.153. The van der Waals surface area contributed by atoms with Gasteiger partial charge in [-0.3, -0.25) is 4.79 Å². The van der Waals surface area contributed by atoms with Crippen molar-refractivity contribution >= 4 is 11.6 Å². The quantitative estimate of drug-likeness (QED) is 0.727. The van der Waals surface area contributed by atoms with Gasteiger partial charge in [-0.1, -0.05) is 30.3 Å². The van der Waals surface area contributed by atoms with Crippen molar-refractivity contribution in [1.82, 2.24) is 0 Å². The van der Waals surface area contributed by atoms with E-state index in [4.69, 9.17) is 14.3 Å². The number of ether oxygens (including phenoxy) is 1. The van der Waals surface area contributed by atoms with Crippen LogP contribution in [0.1, 0.15) is 21.7 Å². The van der Waals surface area contributed by atoms with Crippen LogP contribution in [-0.2, 0) is 13.2 Å². The summed E-state index contributed by atoms with van der Waals surface area (Å²) in [4.78, 5) is 12.4. The molecular weight excluding hydrogens is 306 g/mol. The molecule has 1 aromatic heterocycles. The van der Waals surface area contributed by atoms with Gasteiger partial charge in [-0.05, 0) is 35.9 Å². The summed E-state index contributed by atoms with van der Waals surface area (Å²) in [5.74, 6) is 0.572. The Morgan fingerprint density at radius 3 is 2.71 bits per heavy atom. The van der Waals surface area contributed by atoms with Crippen LogP contribution < -0.4 is 10.1 Å². The number of anilines is 1. The molecule has 5 nitrogen and oxygen atoms in total. The van der Waals surface area contributed by atoms with Gasteiger partial charge >= 0.3 is 0 Å². The number of furan rings is 1. The van der Waals surface area contributed by atoms with Crippen LogP contribution >= 0.6 is 0 Å². The van der Waals surface area contributed by atoms with Crippen molar-refractivity contribution in [3.63, 3.8) is 0 Å². The largest absolute Gasteiger partial charge is 0.489 e. The fourth-order valence-electron chi connectivity index (χ4n) is 2.26. The molecule has 0 unspecified atom stereocenters. The van der Waals surface area contributed by atoms with Crippen molar-refractivity contribution in [3.8, 4) is 5.75 Å². The summed E-state index contributed by atoms with van der Waals surface area (Å²) in [5, 5.41) is 11.9. The highest BCUT2D eigenvalue weighted by molar-refractivity contribution is 6.03. The molecule has 3 rings (SSSR count). The third kappa shape index (κ3) is 3.83. The van der Waals surface area contributed by atoms with Gasteiger partial charge in [0.25, 0.3) is 5.91 Å². The standard InChI is InChI=1S/C19H17NO4/c21-12-14-5-4-6-16(11-14)20-19(22)18-15(9-10-23-18)13-24-17-7-2-1-3-8-17/h1-11,21H,12-13H2,(H,20,22). The number of benzene rings is 2. The normalized spacial score (nSPS) is 10.4. The van der Waals surface area contributed by atoms with Crippen molar-refractivity contribution in [2.45, 2.75) is 13.2 Å². The molecule has 0 aliphatic carbocycles. The first-order valence-electron chi connectivity index (χ1n) is 7.51.